The van der Waals surface area contributed by atoms with Crippen molar-refractivity contribution in [2.75, 3.05) is 7.11 Å². The molecular weight excluding hydrogens is 337 g/mol. The summed E-state index contributed by atoms with van der Waals surface area (Å²) in [6, 6.07) is 12.8. The van der Waals surface area contributed by atoms with Crippen molar-refractivity contribution >= 4 is 21.7 Å². The average Bonchev–Trinajstić information content (AvgIpc) is 2.49. The number of nitriles is 1. The highest BCUT2D eigenvalue weighted by Gasteiger charge is 2.27. The average molecular weight is 348 g/mol. The Bertz CT molecular complexity index is 707. The van der Waals surface area contributed by atoms with Crippen LogP contribution in [0.4, 0.5) is 4.39 Å². The van der Waals surface area contributed by atoms with E-state index in [9.17, 15) is 14.4 Å². The third-order valence-electron chi connectivity index (χ3n) is 3.04. The lowest BCUT2D eigenvalue weighted by atomic mass is 9.91. The lowest BCUT2D eigenvalue weighted by Crippen LogP contribution is -2.14. The van der Waals surface area contributed by atoms with Crippen LogP contribution in [0.1, 0.15) is 21.8 Å². The van der Waals surface area contributed by atoms with Gasteiger partial charge in [0.2, 0.25) is 0 Å². The zero-order chi connectivity index (χ0) is 15.4. The van der Waals surface area contributed by atoms with Gasteiger partial charge in [-0.2, -0.15) is 5.26 Å². The Labute approximate surface area is 130 Å². The molecule has 106 valence electrons. The lowest BCUT2D eigenvalue weighted by Gasteiger charge is -2.12. The molecule has 0 saturated heterocycles. The summed E-state index contributed by atoms with van der Waals surface area (Å²) in [4.78, 5) is 12.5. The molecule has 0 fully saturated rings. The third-order valence-corrected chi connectivity index (χ3v) is 3.56. The minimum Gasteiger partial charge on any atom is -0.496 e. The number of hydrogen-bond donors (Lipinski definition) is 0. The number of ether oxygens (including phenoxy) is 1. The Morgan fingerprint density at radius 1 is 1.29 bits per heavy atom. The zero-order valence-corrected chi connectivity index (χ0v) is 12.7. The summed E-state index contributed by atoms with van der Waals surface area (Å²) < 4.78 is 19.8. The number of nitrogens with zero attached hydrogens (tertiary/aromatic N) is 1. The number of halogens is 2. The molecule has 0 aromatic heterocycles. The van der Waals surface area contributed by atoms with E-state index in [1.54, 1.807) is 24.3 Å². The normalized spacial score (nSPS) is 11.5. The van der Waals surface area contributed by atoms with Crippen molar-refractivity contribution in [3.63, 3.8) is 0 Å². The van der Waals surface area contributed by atoms with Gasteiger partial charge >= 0.3 is 0 Å². The van der Waals surface area contributed by atoms with Crippen molar-refractivity contribution in [1.29, 1.82) is 5.26 Å². The zero-order valence-electron chi connectivity index (χ0n) is 11.1. The molecule has 0 amide bonds. The molecule has 0 radical (unpaired) electrons. The highest BCUT2D eigenvalue weighted by molar-refractivity contribution is 9.10. The maximum Gasteiger partial charge on any atom is 0.191 e. The second kappa shape index (κ2) is 6.51. The molecule has 0 aliphatic carbocycles. The number of rotatable bonds is 4. The molecule has 2 aromatic rings. The number of hydrogen-bond acceptors (Lipinski definition) is 3. The monoisotopic (exact) mass is 347 g/mol. The summed E-state index contributed by atoms with van der Waals surface area (Å²) in [5.41, 5.74) is 0.311. The summed E-state index contributed by atoms with van der Waals surface area (Å²) in [7, 11) is 1.35. The molecule has 0 aliphatic rings. The second-order valence-corrected chi connectivity index (χ2v) is 5.21. The van der Waals surface area contributed by atoms with E-state index in [1.807, 2.05) is 6.07 Å². The fourth-order valence-corrected chi connectivity index (χ4v) is 2.26. The van der Waals surface area contributed by atoms with E-state index in [1.165, 1.54) is 25.3 Å². The Morgan fingerprint density at radius 2 is 1.95 bits per heavy atom. The summed E-state index contributed by atoms with van der Waals surface area (Å²) in [5, 5.41) is 9.29. The number of carbonyl (C=O) groups excluding carboxylic acids is 1. The van der Waals surface area contributed by atoms with Crippen LogP contribution in [0.5, 0.6) is 5.75 Å². The van der Waals surface area contributed by atoms with Crippen LogP contribution in [0, 0.1) is 17.1 Å². The molecule has 0 spiro atoms. The van der Waals surface area contributed by atoms with Gasteiger partial charge in [-0.05, 0) is 29.8 Å². The van der Waals surface area contributed by atoms with E-state index in [0.29, 0.717) is 5.56 Å². The first-order valence-electron chi connectivity index (χ1n) is 6.10. The predicted molar refractivity (Wildman–Crippen MR) is 79.8 cm³/mol. The maximum absolute atomic E-state index is 13.9. The highest BCUT2D eigenvalue weighted by Crippen LogP contribution is 2.29. The SMILES string of the molecule is COc1cccc(F)c1C(=O)C(C#N)c1ccc(Br)cc1. The van der Waals surface area contributed by atoms with E-state index >= 15 is 0 Å². The maximum atomic E-state index is 13.9. The molecule has 1 atom stereocenters. The van der Waals surface area contributed by atoms with E-state index in [2.05, 4.69) is 15.9 Å². The smallest absolute Gasteiger partial charge is 0.191 e. The van der Waals surface area contributed by atoms with Crippen LogP contribution in [0.3, 0.4) is 0 Å². The first-order chi connectivity index (χ1) is 10.1. The minimum absolute atomic E-state index is 0.123. The van der Waals surface area contributed by atoms with Gasteiger partial charge in [-0.3, -0.25) is 4.79 Å². The van der Waals surface area contributed by atoms with Crippen LogP contribution in [0.15, 0.2) is 46.9 Å². The standard InChI is InChI=1S/C16H11BrFNO2/c1-21-14-4-2-3-13(18)15(14)16(20)12(9-19)10-5-7-11(17)8-6-10/h2-8,12H,1H3. The van der Waals surface area contributed by atoms with Crippen molar-refractivity contribution in [3.05, 3.63) is 63.9 Å². The third kappa shape index (κ3) is 3.11. The number of Topliss-reactive ketones (excluding diaryl/α,β-unsaturated/α-hetero) is 1. The lowest BCUT2D eigenvalue weighted by molar-refractivity contribution is 0.0971. The molecular formula is C16H11BrFNO2. The predicted octanol–water partition coefficient (Wildman–Crippen LogP) is 4.09. The number of benzene rings is 2. The summed E-state index contributed by atoms with van der Waals surface area (Å²) in [6.45, 7) is 0. The van der Waals surface area contributed by atoms with Crippen molar-refractivity contribution in [3.8, 4) is 11.8 Å². The van der Waals surface area contributed by atoms with Crippen LogP contribution in [-0.2, 0) is 0 Å². The van der Waals surface area contributed by atoms with Gasteiger partial charge in [0.15, 0.2) is 5.78 Å². The van der Waals surface area contributed by atoms with E-state index < -0.39 is 17.5 Å². The Balaban J connectivity index is 2.47. The van der Waals surface area contributed by atoms with Crippen LogP contribution >= 0.6 is 15.9 Å². The van der Waals surface area contributed by atoms with Crippen molar-refractivity contribution < 1.29 is 13.9 Å². The van der Waals surface area contributed by atoms with Crippen LogP contribution < -0.4 is 4.74 Å². The van der Waals surface area contributed by atoms with E-state index in [4.69, 9.17) is 4.74 Å². The van der Waals surface area contributed by atoms with Gasteiger partial charge in [0.1, 0.15) is 17.5 Å². The van der Waals surface area contributed by atoms with Crippen LogP contribution in [0.25, 0.3) is 0 Å². The molecule has 0 bridgehead atoms. The fraction of sp³-hybridized carbons (Fsp3) is 0.125. The molecule has 0 aliphatic heterocycles. The molecule has 3 nitrogen and oxygen atoms in total. The molecule has 5 heteroatoms. The summed E-state index contributed by atoms with van der Waals surface area (Å²) in [5.74, 6) is -2.27. The Hall–Kier alpha value is -2.19. The molecule has 2 rings (SSSR count). The summed E-state index contributed by atoms with van der Waals surface area (Å²) >= 11 is 3.29. The van der Waals surface area contributed by atoms with Crippen molar-refractivity contribution in [1.82, 2.24) is 0 Å². The fourth-order valence-electron chi connectivity index (χ4n) is 2.00. The number of ketones is 1. The minimum atomic E-state index is -1.08. The summed E-state index contributed by atoms with van der Waals surface area (Å²) in [6.07, 6.45) is 0. The Kier molecular flexibility index (Phi) is 4.71. The largest absolute Gasteiger partial charge is 0.496 e. The van der Waals surface area contributed by atoms with E-state index in [0.717, 1.165) is 4.47 Å². The van der Waals surface area contributed by atoms with E-state index in [-0.39, 0.29) is 11.3 Å². The van der Waals surface area contributed by atoms with Crippen LogP contribution in [0.2, 0.25) is 0 Å². The molecule has 0 heterocycles. The molecule has 0 saturated carbocycles. The van der Waals surface area contributed by atoms with Crippen LogP contribution in [-0.4, -0.2) is 12.9 Å². The van der Waals surface area contributed by atoms with Gasteiger partial charge in [-0.25, -0.2) is 4.39 Å². The first kappa shape index (κ1) is 15.2. The van der Waals surface area contributed by atoms with Gasteiger partial charge in [-0.15, -0.1) is 0 Å². The number of methoxy groups -OCH3 is 1. The molecule has 2 aromatic carbocycles. The second-order valence-electron chi connectivity index (χ2n) is 4.30. The van der Waals surface area contributed by atoms with Gasteiger partial charge < -0.3 is 4.74 Å². The van der Waals surface area contributed by atoms with Gasteiger partial charge in [0.25, 0.3) is 0 Å². The molecule has 1 unspecified atom stereocenters. The van der Waals surface area contributed by atoms with Gasteiger partial charge in [0.05, 0.1) is 18.7 Å². The van der Waals surface area contributed by atoms with Crippen molar-refractivity contribution in [2.24, 2.45) is 0 Å². The topological polar surface area (TPSA) is 50.1 Å². The molecule has 0 N–H and O–H groups in total. The van der Waals surface area contributed by atoms with Crippen molar-refractivity contribution in [2.45, 2.75) is 5.92 Å². The number of carbonyl (C=O) groups is 1. The highest BCUT2D eigenvalue weighted by atomic mass is 79.9. The Morgan fingerprint density at radius 3 is 2.52 bits per heavy atom. The first-order valence-corrected chi connectivity index (χ1v) is 6.89. The quantitative estimate of drug-likeness (QED) is 0.782. The molecule has 21 heavy (non-hydrogen) atoms. The van der Waals surface area contributed by atoms with Gasteiger partial charge in [-0.1, -0.05) is 34.1 Å². The van der Waals surface area contributed by atoms with Gasteiger partial charge in [0, 0.05) is 4.47 Å².